The van der Waals surface area contributed by atoms with E-state index in [1.807, 2.05) is 0 Å². The third-order valence-corrected chi connectivity index (χ3v) is 2.89. The molecule has 0 aromatic rings. The molecule has 0 aliphatic heterocycles. The standard InChI is InChI=1S/C11H24N2/c1-9(7-8-13(3)4)12-10(2)11-5-6-11/h9-12H,5-8H2,1-4H3. The van der Waals surface area contributed by atoms with Crippen molar-refractivity contribution in [1.82, 2.24) is 10.2 Å². The van der Waals surface area contributed by atoms with Gasteiger partial charge in [-0.05, 0) is 59.7 Å². The van der Waals surface area contributed by atoms with E-state index in [9.17, 15) is 0 Å². The van der Waals surface area contributed by atoms with Gasteiger partial charge in [-0.15, -0.1) is 0 Å². The van der Waals surface area contributed by atoms with Crippen LogP contribution in [0.15, 0.2) is 0 Å². The molecule has 0 aromatic carbocycles. The molecule has 0 heterocycles. The van der Waals surface area contributed by atoms with Gasteiger partial charge in [-0.25, -0.2) is 0 Å². The maximum absolute atomic E-state index is 3.67. The summed E-state index contributed by atoms with van der Waals surface area (Å²) in [4.78, 5) is 2.25. The number of rotatable bonds is 6. The largest absolute Gasteiger partial charge is 0.311 e. The second kappa shape index (κ2) is 4.97. The lowest BCUT2D eigenvalue weighted by molar-refractivity contribution is 0.344. The summed E-state index contributed by atoms with van der Waals surface area (Å²) in [5.41, 5.74) is 0. The van der Waals surface area contributed by atoms with Crippen molar-refractivity contribution >= 4 is 0 Å². The van der Waals surface area contributed by atoms with Crippen molar-refractivity contribution in [2.75, 3.05) is 20.6 Å². The van der Waals surface area contributed by atoms with E-state index in [2.05, 4.69) is 38.2 Å². The molecule has 0 bridgehead atoms. The van der Waals surface area contributed by atoms with Crippen LogP contribution in [0.2, 0.25) is 0 Å². The molecule has 13 heavy (non-hydrogen) atoms. The second-order valence-electron chi connectivity index (χ2n) is 4.79. The zero-order valence-corrected chi connectivity index (χ0v) is 9.51. The Morgan fingerprint density at radius 3 is 2.38 bits per heavy atom. The molecule has 0 aromatic heterocycles. The van der Waals surface area contributed by atoms with Crippen molar-refractivity contribution in [2.24, 2.45) is 5.92 Å². The Bertz CT molecular complexity index is 141. The van der Waals surface area contributed by atoms with Crippen molar-refractivity contribution in [3.05, 3.63) is 0 Å². The van der Waals surface area contributed by atoms with E-state index in [4.69, 9.17) is 0 Å². The third kappa shape index (κ3) is 4.63. The molecule has 0 radical (unpaired) electrons. The first kappa shape index (κ1) is 11.0. The van der Waals surface area contributed by atoms with Crippen molar-refractivity contribution in [2.45, 2.75) is 45.2 Å². The van der Waals surface area contributed by atoms with E-state index in [1.54, 1.807) is 0 Å². The van der Waals surface area contributed by atoms with Crippen LogP contribution in [-0.4, -0.2) is 37.6 Å². The minimum atomic E-state index is 0.665. The van der Waals surface area contributed by atoms with E-state index >= 15 is 0 Å². The van der Waals surface area contributed by atoms with Gasteiger partial charge in [-0.3, -0.25) is 0 Å². The van der Waals surface area contributed by atoms with Gasteiger partial charge in [-0.1, -0.05) is 0 Å². The topological polar surface area (TPSA) is 15.3 Å². The predicted octanol–water partition coefficient (Wildman–Crippen LogP) is 1.71. The number of nitrogens with one attached hydrogen (secondary N) is 1. The van der Waals surface area contributed by atoms with Gasteiger partial charge in [-0.2, -0.15) is 0 Å². The molecule has 0 saturated heterocycles. The molecular weight excluding hydrogens is 160 g/mol. The normalized spacial score (nSPS) is 21.9. The lowest BCUT2D eigenvalue weighted by Crippen LogP contribution is -2.37. The quantitative estimate of drug-likeness (QED) is 0.676. The fourth-order valence-electron chi connectivity index (χ4n) is 1.72. The van der Waals surface area contributed by atoms with Crippen LogP contribution in [0, 0.1) is 5.92 Å². The lowest BCUT2D eigenvalue weighted by atomic mass is 10.1. The summed E-state index contributed by atoms with van der Waals surface area (Å²) in [5.74, 6) is 0.974. The molecule has 1 aliphatic rings. The first-order valence-corrected chi connectivity index (χ1v) is 5.50. The summed E-state index contributed by atoms with van der Waals surface area (Å²) < 4.78 is 0. The van der Waals surface area contributed by atoms with Crippen LogP contribution in [0.25, 0.3) is 0 Å². The van der Waals surface area contributed by atoms with Crippen molar-refractivity contribution in [1.29, 1.82) is 0 Å². The average Bonchev–Trinajstić information content (AvgIpc) is 2.82. The third-order valence-electron chi connectivity index (χ3n) is 2.89. The first-order chi connectivity index (χ1) is 6.09. The zero-order chi connectivity index (χ0) is 9.84. The fourth-order valence-corrected chi connectivity index (χ4v) is 1.72. The van der Waals surface area contributed by atoms with Gasteiger partial charge < -0.3 is 10.2 Å². The predicted molar refractivity (Wildman–Crippen MR) is 58.0 cm³/mol. The van der Waals surface area contributed by atoms with Gasteiger partial charge in [0.2, 0.25) is 0 Å². The van der Waals surface area contributed by atoms with Gasteiger partial charge >= 0.3 is 0 Å². The Morgan fingerprint density at radius 2 is 1.92 bits per heavy atom. The highest BCUT2D eigenvalue weighted by molar-refractivity contribution is 4.84. The van der Waals surface area contributed by atoms with Crippen molar-refractivity contribution < 1.29 is 0 Å². The fraction of sp³-hybridized carbons (Fsp3) is 1.00. The number of hydrogen-bond donors (Lipinski definition) is 1. The zero-order valence-electron chi connectivity index (χ0n) is 9.51. The van der Waals surface area contributed by atoms with Crippen LogP contribution in [0.1, 0.15) is 33.1 Å². The molecular formula is C11H24N2. The van der Waals surface area contributed by atoms with Crippen LogP contribution < -0.4 is 5.32 Å². The van der Waals surface area contributed by atoms with Gasteiger partial charge in [0.25, 0.3) is 0 Å². The summed E-state index contributed by atoms with van der Waals surface area (Å²) in [7, 11) is 4.27. The van der Waals surface area contributed by atoms with Gasteiger partial charge in [0.1, 0.15) is 0 Å². The van der Waals surface area contributed by atoms with Gasteiger partial charge in [0.15, 0.2) is 0 Å². The summed E-state index contributed by atoms with van der Waals surface area (Å²) in [6.45, 7) is 5.80. The Labute approximate surface area is 82.7 Å². The SMILES string of the molecule is CC(CCN(C)C)NC(C)C1CC1. The second-order valence-corrected chi connectivity index (χ2v) is 4.79. The molecule has 2 atom stereocenters. The Morgan fingerprint density at radius 1 is 1.31 bits per heavy atom. The molecule has 0 amide bonds. The summed E-state index contributed by atoms with van der Waals surface area (Å²) in [6, 6.07) is 1.40. The van der Waals surface area contributed by atoms with E-state index < -0.39 is 0 Å². The highest BCUT2D eigenvalue weighted by Crippen LogP contribution is 2.32. The summed E-state index contributed by atoms with van der Waals surface area (Å²) >= 11 is 0. The van der Waals surface area contributed by atoms with E-state index in [0.29, 0.717) is 6.04 Å². The lowest BCUT2D eigenvalue weighted by Gasteiger charge is -2.21. The van der Waals surface area contributed by atoms with Gasteiger partial charge in [0, 0.05) is 12.1 Å². The minimum absolute atomic E-state index is 0.665. The maximum atomic E-state index is 3.67. The molecule has 1 N–H and O–H groups in total. The monoisotopic (exact) mass is 184 g/mol. The van der Waals surface area contributed by atoms with Crippen LogP contribution in [0.3, 0.4) is 0 Å². The Balaban J connectivity index is 2.05. The molecule has 2 heteroatoms. The smallest absolute Gasteiger partial charge is 0.00694 e. The number of hydrogen-bond acceptors (Lipinski definition) is 2. The van der Waals surface area contributed by atoms with Crippen LogP contribution in [0.4, 0.5) is 0 Å². The van der Waals surface area contributed by atoms with E-state index in [-0.39, 0.29) is 0 Å². The maximum Gasteiger partial charge on any atom is 0.00694 e. The molecule has 2 nitrogen and oxygen atoms in total. The van der Waals surface area contributed by atoms with Crippen LogP contribution >= 0.6 is 0 Å². The molecule has 1 fully saturated rings. The first-order valence-electron chi connectivity index (χ1n) is 5.50. The summed E-state index contributed by atoms with van der Waals surface area (Å²) in [5, 5.41) is 3.67. The Kier molecular flexibility index (Phi) is 4.20. The highest BCUT2D eigenvalue weighted by atomic mass is 15.1. The van der Waals surface area contributed by atoms with Crippen molar-refractivity contribution in [3.63, 3.8) is 0 Å². The average molecular weight is 184 g/mol. The molecule has 2 unspecified atom stereocenters. The molecule has 1 aliphatic carbocycles. The summed E-state index contributed by atoms with van der Waals surface area (Å²) in [6.07, 6.45) is 4.13. The number of nitrogens with zero attached hydrogens (tertiary/aromatic N) is 1. The highest BCUT2D eigenvalue weighted by Gasteiger charge is 2.28. The van der Waals surface area contributed by atoms with Crippen LogP contribution in [-0.2, 0) is 0 Å². The molecule has 1 saturated carbocycles. The van der Waals surface area contributed by atoms with Crippen LogP contribution in [0.5, 0.6) is 0 Å². The van der Waals surface area contributed by atoms with Gasteiger partial charge in [0.05, 0.1) is 0 Å². The molecule has 1 rings (SSSR count). The minimum Gasteiger partial charge on any atom is -0.311 e. The van der Waals surface area contributed by atoms with E-state index in [1.165, 1.54) is 25.8 Å². The Hall–Kier alpha value is -0.0800. The van der Waals surface area contributed by atoms with E-state index in [0.717, 1.165) is 12.0 Å². The molecule has 0 spiro atoms. The molecule has 78 valence electrons. The van der Waals surface area contributed by atoms with Crippen molar-refractivity contribution in [3.8, 4) is 0 Å².